The van der Waals surface area contributed by atoms with Gasteiger partial charge in [0.1, 0.15) is 5.82 Å². The number of aromatic nitrogens is 2. The Balaban J connectivity index is 1.51. The van der Waals surface area contributed by atoms with Gasteiger partial charge in [-0.1, -0.05) is 32.4 Å². The Hall–Kier alpha value is -3.22. The van der Waals surface area contributed by atoms with E-state index in [2.05, 4.69) is 41.9 Å². The quantitative estimate of drug-likeness (QED) is 0.348. The monoisotopic (exact) mass is 467 g/mol. The van der Waals surface area contributed by atoms with Gasteiger partial charge in [-0.15, -0.1) is 0 Å². The predicted molar refractivity (Wildman–Crippen MR) is 135 cm³/mol. The maximum absolute atomic E-state index is 12.6. The number of methoxy groups -OCH3 is 3. The van der Waals surface area contributed by atoms with Gasteiger partial charge in [0, 0.05) is 25.1 Å². The largest absolute Gasteiger partial charge is 0.493 e. The van der Waals surface area contributed by atoms with Gasteiger partial charge in [0.25, 0.3) is 5.91 Å². The van der Waals surface area contributed by atoms with Gasteiger partial charge in [0.2, 0.25) is 5.75 Å². The summed E-state index contributed by atoms with van der Waals surface area (Å²) in [6.07, 6.45) is 5.03. The summed E-state index contributed by atoms with van der Waals surface area (Å²) in [6.45, 7) is 6.12. The summed E-state index contributed by atoms with van der Waals surface area (Å²) >= 11 is 0. The van der Waals surface area contributed by atoms with Crippen LogP contribution in [0.1, 0.15) is 55.7 Å². The van der Waals surface area contributed by atoms with Crippen molar-refractivity contribution in [2.24, 2.45) is 5.92 Å². The first-order valence-electron chi connectivity index (χ1n) is 12.0. The van der Waals surface area contributed by atoms with Crippen LogP contribution in [0.4, 0.5) is 0 Å². The van der Waals surface area contributed by atoms with Gasteiger partial charge in [-0.25, -0.2) is 4.98 Å². The Kier molecular flexibility index (Phi) is 9.19. The van der Waals surface area contributed by atoms with E-state index in [1.54, 1.807) is 19.2 Å². The van der Waals surface area contributed by atoms with Crippen LogP contribution in [-0.2, 0) is 13.0 Å². The van der Waals surface area contributed by atoms with Crippen molar-refractivity contribution in [2.75, 3.05) is 27.9 Å². The number of benzene rings is 2. The van der Waals surface area contributed by atoms with Gasteiger partial charge in [-0.3, -0.25) is 4.79 Å². The van der Waals surface area contributed by atoms with Crippen LogP contribution < -0.4 is 19.5 Å². The summed E-state index contributed by atoms with van der Waals surface area (Å²) in [5, 5.41) is 2.99. The molecule has 3 rings (SSSR count). The molecule has 1 aromatic heterocycles. The van der Waals surface area contributed by atoms with E-state index in [0.717, 1.165) is 50.0 Å². The molecule has 1 heterocycles. The standard InChI is InChI=1S/C27H37N3O4/c1-19(2)14-16-30-22-12-9-8-11-21(22)29-25(30)13-7-6-10-15-28-27(31)20-17-23(32-3)26(34-5)24(18-20)33-4/h8-9,11-12,17-19H,6-7,10,13-16H2,1-5H3,(H,28,31). The highest BCUT2D eigenvalue weighted by molar-refractivity contribution is 5.95. The Bertz CT molecular complexity index is 1070. The van der Waals surface area contributed by atoms with E-state index in [0.29, 0.717) is 35.3 Å². The summed E-state index contributed by atoms with van der Waals surface area (Å²) in [6, 6.07) is 11.7. The van der Waals surface area contributed by atoms with Crippen molar-refractivity contribution in [3.8, 4) is 17.2 Å². The average molecular weight is 468 g/mol. The summed E-state index contributed by atoms with van der Waals surface area (Å²) < 4.78 is 18.4. The number of hydrogen-bond acceptors (Lipinski definition) is 5. The van der Waals surface area contributed by atoms with Crippen molar-refractivity contribution in [2.45, 2.75) is 52.5 Å². The lowest BCUT2D eigenvalue weighted by Gasteiger charge is -2.14. The molecular weight excluding hydrogens is 430 g/mol. The number of amides is 1. The highest BCUT2D eigenvalue weighted by Crippen LogP contribution is 2.38. The lowest BCUT2D eigenvalue weighted by molar-refractivity contribution is 0.0952. The van der Waals surface area contributed by atoms with Crippen molar-refractivity contribution >= 4 is 16.9 Å². The molecule has 0 unspecified atom stereocenters. The number of nitrogens with zero attached hydrogens (tertiary/aromatic N) is 2. The van der Waals surface area contributed by atoms with Crippen LogP contribution in [0.2, 0.25) is 0 Å². The van der Waals surface area contributed by atoms with E-state index in [1.165, 1.54) is 19.7 Å². The minimum absolute atomic E-state index is 0.158. The molecule has 184 valence electrons. The van der Waals surface area contributed by atoms with E-state index < -0.39 is 0 Å². The zero-order valence-corrected chi connectivity index (χ0v) is 21.0. The molecule has 0 fully saturated rings. The molecule has 34 heavy (non-hydrogen) atoms. The molecule has 7 nitrogen and oxygen atoms in total. The molecule has 0 spiro atoms. The number of para-hydroxylation sites is 2. The maximum atomic E-state index is 12.6. The van der Waals surface area contributed by atoms with Gasteiger partial charge >= 0.3 is 0 Å². The van der Waals surface area contributed by atoms with E-state index in [9.17, 15) is 4.79 Å². The number of rotatable bonds is 13. The number of nitrogens with one attached hydrogen (secondary N) is 1. The van der Waals surface area contributed by atoms with E-state index in [1.807, 2.05) is 6.07 Å². The Morgan fingerprint density at radius 1 is 1.00 bits per heavy atom. The molecule has 0 saturated heterocycles. The van der Waals surface area contributed by atoms with Crippen LogP contribution in [0.5, 0.6) is 17.2 Å². The van der Waals surface area contributed by atoms with Crippen LogP contribution in [0, 0.1) is 5.92 Å². The summed E-state index contributed by atoms with van der Waals surface area (Å²) in [5.41, 5.74) is 2.77. The summed E-state index contributed by atoms with van der Waals surface area (Å²) in [7, 11) is 4.62. The third-order valence-electron chi connectivity index (χ3n) is 5.95. The van der Waals surface area contributed by atoms with Crippen molar-refractivity contribution in [1.29, 1.82) is 0 Å². The molecule has 3 aromatic rings. The number of unbranched alkanes of at least 4 members (excludes halogenated alkanes) is 2. The molecule has 0 aliphatic rings. The Morgan fingerprint density at radius 3 is 2.35 bits per heavy atom. The zero-order chi connectivity index (χ0) is 24.5. The van der Waals surface area contributed by atoms with Gasteiger partial charge in [0.05, 0.1) is 32.4 Å². The van der Waals surface area contributed by atoms with Gasteiger partial charge < -0.3 is 24.1 Å². The van der Waals surface area contributed by atoms with Gasteiger partial charge in [0.15, 0.2) is 11.5 Å². The molecule has 2 aromatic carbocycles. The second-order valence-corrected chi connectivity index (χ2v) is 8.83. The predicted octanol–water partition coefficient (Wildman–Crippen LogP) is 5.25. The minimum Gasteiger partial charge on any atom is -0.493 e. The Morgan fingerprint density at radius 2 is 1.71 bits per heavy atom. The van der Waals surface area contributed by atoms with Gasteiger partial charge in [-0.2, -0.15) is 0 Å². The number of ether oxygens (including phenoxy) is 3. The van der Waals surface area contributed by atoms with Crippen LogP contribution in [-0.4, -0.2) is 43.3 Å². The lowest BCUT2D eigenvalue weighted by atomic mass is 10.1. The molecule has 0 saturated carbocycles. The third kappa shape index (κ3) is 6.22. The SMILES string of the molecule is COc1cc(C(=O)NCCCCCc2nc3ccccc3n2CCC(C)C)cc(OC)c1OC. The first-order chi connectivity index (χ1) is 16.5. The van der Waals surface area contributed by atoms with Crippen LogP contribution in [0.25, 0.3) is 11.0 Å². The third-order valence-corrected chi connectivity index (χ3v) is 5.95. The number of carbonyl (C=O) groups excluding carboxylic acids is 1. The van der Waals surface area contributed by atoms with E-state index in [4.69, 9.17) is 19.2 Å². The average Bonchev–Trinajstić information content (AvgIpc) is 3.20. The normalized spacial score (nSPS) is 11.1. The molecule has 1 amide bonds. The van der Waals surface area contributed by atoms with Crippen molar-refractivity contribution < 1.29 is 19.0 Å². The number of fused-ring (bicyclic) bond motifs is 1. The molecule has 0 bridgehead atoms. The highest BCUT2D eigenvalue weighted by atomic mass is 16.5. The maximum Gasteiger partial charge on any atom is 0.251 e. The molecule has 0 aliphatic heterocycles. The highest BCUT2D eigenvalue weighted by Gasteiger charge is 2.17. The number of carbonyl (C=O) groups is 1. The molecular formula is C27H37N3O4. The lowest BCUT2D eigenvalue weighted by Crippen LogP contribution is -2.24. The number of imidazole rings is 1. The Labute approximate surface area is 202 Å². The first kappa shape index (κ1) is 25.4. The van der Waals surface area contributed by atoms with Crippen LogP contribution in [0.15, 0.2) is 36.4 Å². The molecule has 0 atom stereocenters. The number of hydrogen-bond donors (Lipinski definition) is 1. The van der Waals surface area contributed by atoms with Crippen molar-refractivity contribution in [3.05, 3.63) is 47.8 Å². The molecule has 0 aliphatic carbocycles. The fourth-order valence-corrected chi connectivity index (χ4v) is 4.05. The fraction of sp³-hybridized carbons (Fsp3) is 0.481. The topological polar surface area (TPSA) is 74.6 Å². The van der Waals surface area contributed by atoms with Gasteiger partial charge in [-0.05, 0) is 49.4 Å². The molecule has 7 heteroatoms. The second-order valence-electron chi connectivity index (χ2n) is 8.83. The molecule has 0 radical (unpaired) electrons. The summed E-state index contributed by atoms with van der Waals surface area (Å²) in [5.74, 6) is 3.06. The number of aryl methyl sites for hydroxylation is 2. The fourth-order valence-electron chi connectivity index (χ4n) is 4.05. The van der Waals surface area contributed by atoms with Crippen molar-refractivity contribution in [3.63, 3.8) is 0 Å². The minimum atomic E-state index is -0.158. The smallest absolute Gasteiger partial charge is 0.251 e. The zero-order valence-electron chi connectivity index (χ0n) is 21.0. The van der Waals surface area contributed by atoms with Crippen molar-refractivity contribution in [1.82, 2.24) is 14.9 Å². The summed E-state index contributed by atoms with van der Waals surface area (Å²) in [4.78, 5) is 17.5. The van der Waals surface area contributed by atoms with Crippen LogP contribution in [0.3, 0.4) is 0 Å². The first-order valence-corrected chi connectivity index (χ1v) is 12.0. The van der Waals surface area contributed by atoms with E-state index in [-0.39, 0.29) is 5.91 Å². The van der Waals surface area contributed by atoms with E-state index >= 15 is 0 Å². The molecule has 1 N–H and O–H groups in total. The van der Waals surface area contributed by atoms with Crippen LogP contribution >= 0.6 is 0 Å². The second kappa shape index (κ2) is 12.3.